The molecule has 2 aromatic carbocycles. The minimum Gasteiger partial charge on any atom is -0.326 e. The van der Waals surface area contributed by atoms with Crippen molar-refractivity contribution >= 4 is 34.8 Å². The van der Waals surface area contributed by atoms with E-state index in [-0.39, 0.29) is 23.9 Å². The van der Waals surface area contributed by atoms with E-state index in [1.165, 1.54) is 0 Å². The van der Waals surface area contributed by atoms with E-state index in [9.17, 15) is 9.59 Å². The van der Waals surface area contributed by atoms with Crippen LogP contribution in [0.1, 0.15) is 33.1 Å². The highest BCUT2D eigenvalue weighted by molar-refractivity contribution is 5.95. The first kappa shape index (κ1) is 23.6. The molecule has 0 aliphatic rings. The van der Waals surface area contributed by atoms with Crippen LogP contribution in [0.15, 0.2) is 53.3 Å². The lowest BCUT2D eigenvalue weighted by atomic mass is 10.0. The summed E-state index contributed by atoms with van der Waals surface area (Å²) in [4.78, 5) is 24.3. The molecule has 0 fully saturated rings. The molecule has 6 nitrogen and oxygen atoms in total. The molecule has 30 heavy (non-hydrogen) atoms. The second-order valence-corrected chi connectivity index (χ2v) is 7.63. The second-order valence-electron chi connectivity index (χ2n) is 7.63. The maximum Gasteiger partial charge on any atom is 0.272 e. The summed E-state index contributed by atoms with van der Waals surface area (Å²) in [5, 5.41) is 14.5. The number of fused-ring (bicyclic) bond motifs is 1. The van der Waals surface area contributed by atoms with Gasteiger partial charge in [-0.3, -0.25) is 9.59 Å². The lowest BCUT2D eigenvalue weighted by Gasteiger charge is -2.09. The zero-order valence-corrected chi connectivity index (χ0v) is 18.2. The summed E-state index contributed by atoms with van der Waals surface area (Å²) < 4.78 is 0. The van der Waals surface area contributed by atoms with Crippen molar-refractivity contribution in [1.29, 1.82) is 0 Å². The van der Waals surface area contributed by atoms with Crippen LogP contribution in [0.2, 0.25) is 0 Å². The Kier molecular flexibility index (Phi) is 9.02. The number of halogens is 1. The molecule has 0 spiro atoms. The lowest BCUT2D eigenvalue weighted by Crippen LogP contribution is -2.21. The number of anilines is 1. The van der Waals surface area contributed by atoms with E-state index >= 15 is 0 Å². The number of aromatic nitrogens is 2. The van der Waals surface area contributed by atoms with Crippen molar-refractivity contribution < 1.29 is 4.79 Å². The molecular weight excluding hydrogens is 400 g/mol. The van der Waals surface area contributed by atoms with Crippen LogP contribution in [0.5, 0.6) is 0 Å². The maximum atomic E-state index is 12.3. The SMILES string of the molecule is CC(C)CNCCCCC(=O)Nc1cccc(-c2n[nH]c(=O)c3ccccc23)c1.Cl. The maximum absolute atomic E-state index is 12.3. The van der Waals surface area contributed by atoms with Gasteiger partial charge in [0.25, 0.3) is 5.56 Å². The van der Waals surface area contributed by atoms with E-state index < -0.39 is 0 Å². The van der Waals surface area contributed by atoms with Crippen LogP contribution in [0.25, 0.3) is 22.0 Å². The third-order valence-corrected chi connectivity index (χ3v) is 4.68. The topological polar surface area (TPSA) is 86.9 Å². The summed E-state index contributed by atoms with van der Waals surface area (Å²) in [7, 11) is 0. The highest BCUT2D eigenvalue weighted by Crippen LogP contribution is 2.26. The monoisotopic (exact) mass is 428 g/mol. The molecule has 0 aliphatic heterocycles. The van der Waals surface area contributed by atoms with Crippen LogP contribution >= 0.6 is 12.4 Å². The minimum absolute atomic E-state index is 0. The normalized spacial score (nSPS) is 10.8. The summed E-state index contributed by atoms with van der Waals surface area (Å²) in [5.74, 6) is 0.643. The molecule has 0 aliphatic carbocycles. The van der Waals surface area contributed by atoms with E-state index in [2.05, 4.69) is 34.7 Å². The van der Waals surface area contributed by atoms with Gasteiger partial charge in [-0.15, -0.1) is 12.4 Å². The van der Waals surface area contributed by atoms with Gasteiger partial charge in [0.05, 0.1) is 11.1 Å². The summed E-state index contributed by atoms with van der Waals surface area (Å²) in [6.45, 7) is 6.30. The molecule has 0 atom stereocenters. The molecule has 3 aromatic rings. The van der Waals surface area contributed by atoms with Gasteiger partial charge in [-0.25, -0.2) is 5.10 Å². The van der Waals surface area contributed by atoms with Gasteiger partial charge in [-0.1, -0.05) is 44.2 Å². The fourth-order valence-electron chi connectivity index (χ4n) is 3.23. The number of rotatable bonds is 9. The van der Waals surface area contributed by atoms with Crippen molar-refractivity contribution in [2.45, 2.75) is 33.1 Å². The van der Waals surface area contributed by atoms with Gasteiger partial charge in [0.1, 0.15) is 0 Å². The molecule has 0 saturated heterocycles. The summed E-state index contributed by atoms with van der Waals surface area (Å²) in [5.41, 5.74) is 2.04. The molecule has 3 N–H and O–H groups in total. The molecule has 0 unspecified atom stereocenters. The Bertz CT molecular complexity index is 1030. The standard InChI is InChI=1S/C23H28N4O2.ClH/c1-16(2)15-24-13-6-5-12-21(28)25-18-9-7-8-17(14-18)22-19-10-3-4-11-20(19)23(29)27-26-22;/h3-4,7-11,14,16,24H,5-6,12-13,15H2,1-2H3,(H,25,28)(H,27,29);1H. The summed E-state index contributed by atoms with van der Waals surface area (Å²) in [6, 6.07) is 14.9. The smallest absolute Gasteiger partial charge is 0.272 e. The van der Waals surface area contributed by atoms with Crippen molar-refractivity contribution in [3.8, 4) is 11.3 Å². The molecule has 7 heteroatoms. The van der Waals surface area contributed by atoms with Crippen molar-refractivity contribution in [2.75, 3.05) is 18.4 Å². The van der Waals surface area contributed by atoms with Crippen LogP contribution in [0.3, 0.4) is 0 Å². The number of carbonyl (C=O) groups excluding carboxylic acids is 1. The van der Waals surface area contributed by atoms with Crippen molar-refractivity contribution in [3.05, 3.63) is 58.9 Å². The molecule has 0 radical (unpaired) electrons. The van der Waals surface area contributed by atoms with E-state index in [4.69, 9.17) is 0 Å². The molecule has 160 valence electrons. The van der Waals surface area contributed by atoms with Gasteiger partial charge in [0.15, 0.2) is 0 Å². The van der Waals surface area contributed by atoms with Gasteiger partial charge >= 0.3 is 0 Å². The van der Waals surface area contributed by atoms with E-state index in [1.807, 2.05) is 42.5 Å². The molecule has 1 aromatic heterocycles. The Labute approximate surface area is 182 Å². The minimum atomic E-state index is -0.211. The Hall–Kier alpha value is -2.70. The summed E-state index contributed by atoms with van der Waals surface area (Å²) >= 11 is 0. The van der Waals surface area contributed by atoms with Gasteiger partial charge in [-0.05, 0) is 50.0 Å². The second kappa shape index (κ2) is 11.5. The largest absolute Gasteiger partial charge is 0.326 e. The fraction of sp³-hybridized carbons (Fsp3) is 0.348. The quantitative estimate of drug-likeness (QED) is 0.442. The van der Waals surface area contributed by atoms with Crippen LogP contribution in [-0.2, 0) is 4.79 Å². The van der Waals surface area contributed by atoms with Crippen LogP contribution < -0.4 is 16.2 Å². The zero-order chi connectivity index (χ0) is 20.6. The van der Waals surface area contributed by atoms with Crippen molar-refractivity contribution in [2.24, 2.45) is 5.92 Å². The van der Waals surface area contributed by atoms with Gasteiger partial charge in [0, 0.05) is 23.1 Å². The molecule has 0 bridgehead atoms. The average molecular weight is 429 g/mol. The van der Waals surface area contributed by atoms with Gasteiger partial charge in [0.2, 0.25) is 5.91 Å². The lowest BCUT2D eigenvalue weighted by molar-refractivity contribution is -0.116. The van der Waals surface area contributed by atoms with Gasteiger partial charge in [-0.2, -0.15) is 5.10 Å². The van der Waals surface area contributed by atoms with E-state index in [0.717, 1.165) is 42.6 Å². The number of hydrogen-bond acceptors (Lipinski definition) is 4. The number of H-pyrrole nitrogens is 1. The number of aromatic amines is 1. The highest BCUT2D eigenvalue weighted by Gasteiger charge is 2.10. The Morgan fingerprint density at radius 2 is 1.83 bits per heavy atom. The van der Waals surface area contributed by atoms with Crippen molar-refractivity contribution in [1.82, 2.24) is 15.5 Å². The van der Waals surface area contributed by atoms with Crippen LogP contribution in [0.4, 0.5) is 5.69 Å². The third-order valence-electron chi connectivity index (χ3n) is 4.68. The van der Waals surface area contributed by atoms with Crippen LogP contribution in [-0.4, -0.2) is 29.2 Å². The fourth-order valence-corrected chi connectivity index (χ4v) is 3.23. The predicted molar refractivity (Wildman–Crippen MR) is 125 cm³/mol. The number of unbranched alkanes of at least 4 members (excludes halogenated alkanes) is 1. The number of amides is 1. The zero-order valence-electron chi connectivity index (χ0n) is 17.4. The number of carbonyl (C=O) groups is 1. The first-order valence-corrected chi connectivity index (χ1v) is 10.1. The van der Waals surface area contributed by atoms with Crippen molar-refractivity contribution in [3.63, 3.8) is 0 Å². The Morgan fingerprint density at radius 1 is 1.07 bits per heavy atom. The van der Waals surface area contributed by atoms with E-state index in [0.29, 0.717) is 23.4 Å². The van der Waals surface area contributed by atoms with Gasteiger partial charge < -0.3 is 10.6 Å². The first-order chi connectivity index (χ1) is 14.0. The number of nitrogens with zero attached hydrogens (tertiary/aromatic N) is 1. The third kappa shape index (κ3) is 6.40. The molecule has 1 heterocycles. The average Bonchev–Trinajstić information content (AvgIpc) is 2.71. The first-order valence-electron chi connectivity index (χ1n) is 10.1. The Morgan fingerprint density at radius 3 is 2.60 bits per heavy atom. The molecule has 0 saturated carbocycles. The van der Waals surface area contributed by atoms with E-state index in [1.54, 1.807) is 6.07 Å². The molecule has 3 rings (SSSR count). The molecule has 1 amide bonds. The molecular formula is C23H29ClN4O2. The number of nitrogens with one attached hydrogen (secondary N) is 3. The highest BCUT2D eigenvalue weighted by atomic mass is 35.5. The summed E-state index contributed by atoms with van der Waals surface area (Å²) in [6.07, 6.45) is 2.32. The number of hydrogen-bond donors (Lipinski definition) is 3. The predicted octanol–water partition coefficient (Wildman–Crippen LogP) is 4.37. The number of benzene rings is 2. The van der Waals surface area contributed by atoms with Crippen LogP contribution in [0, 0.1) is 5.92 Å². The Balaban J connectivity index is 0.00000320.